The zero-order valence-electron chi connectivity index (χ0n) is 16.2. The van der Waals surface area contributed by atoms with Gasteiger partial charge in [-0.3, -0.25) is 4.79 Å². The van der Waals surface area contributed by atoms with Crippen molar-refractivity contribution in [2.45, 2.75) is 50.4 Å². The molecular weight excluding hydrogens is 378 g/mol. The molecule has 9 nitrogen and oxygen atoms in total. The van der Waals surface area contributed by atoms with Gasteiger partial charge in [0.05, 0.1) is 18.8 Å². The fourth-order valence-corrected chi connectivity index (χ4v) is 3.67. The zero-order chi connectivity index (χ0) is 20.2. The molecule has 9 heteroatoms. The number of hydrogen-bond donors (Lipinski definition) is 4. The lowest BCUT2D eigenvalue weighted by Gasteiger charge is -2.36. The van der Waals surface area contributed by atoms with Crippen molar-refractivity contribution in [3.63, 3.8) is 0 Å². The molecule has 1 aromatic carbocycles. The summed E-state index contributed by atoms with van der Waals surface area (Å²) in [7, 11) is 0. The lowest BCUT2D eigenvalue weighted by atomic mass is 9.97. The lowest BCUT2D eigenvalue weighted by molar-refractivity contribution is -0.122. The van der Waals surface area contributed by atoms with Crippen molar-refractivity contribution >= 4 is 17.6 Å². The van der Waals surface area contributed by atoms with Crippen LogP contribution in [-0.4, -0.2) is 55.2 Å². The van der Waals surface area contributed by atoms with E-state index in [-0.39, 0.29) is 43.4 Å². The molecule has 29 heavy (non-hydrogen) atoms. The minimum Gasteiger partial charge on any atom is -0.454 e. The van der Waals surface area contributed by atoms with E-state index in [1.807, 2.05) is 0 Å². The monoisotopic (exact) mass is 405 g/mol. The molecule has 1 saturated heterocycles. The topological polar surface area (TPSA) is 118 Å². The van der Waals surface area contributed by atoms with Gasteiger partial charge in [0.25, 0.3) is 0 Å². The molecule has 0 radical (unpaired) electrons. The number of amides is 3. The van der Waals surface area contributed by atoms with E-state index < -0.39 is 6.10 Å². The van der Waals surface area contributed by atoms with Crippen LogP contribution < -0.4 is 25.4 Å². The normalized spacial score (nSPS) is 25.3. The van der Waals surface area contributed by atoms with Gasteiger partial charge in [0.1, 0.15) is 6.10 Å². The molecule has 0 bridgehead atoms. The van der Waals surface area contributed by atoms with Crippen molar-refractivity contribution in [1.82, 2.24) is 10.6 Å². The molecule has 2 fully saturated rings. The second-order valence-corrected chi connectivity index (χ2v) is 7.68. The van der Waals surface area contributed by atoms with Gasteiger partial charge in [0, 0.05) is 24.2 Å². The SMILES string of the molecule is O=C(Nc1ccc2c(c1)OCO2)N[C@H]1CC[C@H](CCNC(=O)C2CC2)O[C@H]1CO. The van der Waals surface area contributed by atoms with Crippen LogP contribution in [0.5, 0.6) is 11.5 Å². The first kappa shape index (κ1) is 19.8. The molecular formula is C20H27N3O6. The van der Waals surface area contributed by atoms with Crippen molar-refractivity contribution < 1.29 is 28.9 Å². The van der Waals surface area contributed by atoms with E-state index in [1.165, 1.54) is 0 Å². The third kappa shape index (κ3) is 5.10. The number of anilines is 1. The van der Waals surface area contributed by atoms with E-state index in [2.05, 4.69) is 16.0 Å². The maximum atomic E-state index is 12.4. The summed E-state index contributed by atoms with van der Waals surface area (Å²) in [5, 5.41) is 18.3. The molecule has 0 aromatic heterocycles. The van der Waals surface area contributed by atoms with Gasteiger partial charge in [0.2, 0.25) is 12.7 Å². The highest BCUT2D eigenvalue weighted by molar-refractivity contribution is 5.90. The summed E-state index contributed by atoms with van der Waals surface area (Å²) < 4.78 is 16.5. The van der Waals surface area contributed by atoms with Crippen molar-refractivity contribution in [3.8, 4) is 11.5 Å². The number of carbonyl (C=O) groups excluding carboxylic acids is 2. The van der Waals surface area contributed by atoms with Crippen molar-refractivity contribution in [3.05, 3.63) is 18.2 Å². The standard InChI is InChI=1S/C20H27N3O6/c24-10-18-15(5-4-14(29-18)7-8-21-19(25)12-1-2-12)23-20(26)22-13-3-6-16-17(9-13)28-11-27-16/h3,6,9,12,14-15,18,24H,1-2,4-5,7-8,10-11H2,(H,21,25)(H2,22,23,26)/t14-,15+,18+/m1/s1. The molecule has 2 heterocycles. The Hall–Kier alpha value is -2.52. The van der Waals surface area contributed by atoms with Gasteiger partial charge in [0.15, 0.2) is 11.5 Å². The van der Waals surface area contributed by atoms with Crippen molar-refractivity contribution in [2.75, 3.05) is 25.3 Å². The van der Waals surface area contributed by atoms with Crippen LogP contribution in [0.4, 0.5) is 10.5 Å². The average Bonchev–Trinajstić information content (AvgIpc) is 3.47. The van der Waals surface area contributed by atoms with E-state index in [0.29, 0.717) is 36.6 Å². The quantitative estimate of drug-likeness (QED) is 0.544. The molecule has 3 amide bonds. The van der Waals surface area contributed by atoms with E-state index in [9.17, 15) is 14.7 Å². The third-order valence-corrected chi connectivity index (χ3v) is 5.46. The van der Waals surface area contributed by atoms with Gasteiger partial charge in [-0.15, -0.1) is 0 Å². The highest BCUT2D eigenvalue weighted by Gasteiger charge is 2.33. The molecule has 0 unspecified atom stereocenters. The average molecular weight is 405 g/mol. The number of ether oxygens (including phenoxy) is 3. The molecule has 2 aliphatic heterocycles. The molecule has 3 atom stereocenters. The molecule has 4 N–H and O–H groups in total. The second-order valence-electron chi connectivity index (χ2n) is 7.68. The Balaban J connectivity index is 1.22. The van der Waals surface area contributed by atoms with Crippen LogP contribution >= 0.6 is 0 Å². The number of carbonyl (C=O) groups is 2. The van der Waals surface area contributed by atoms with Crippen LogP contribution in [-0.2, 0) is 9.53 Å². The zero-order valence-corrected chi connectivity index (χ0v) is 16.2. The fraction of sp³-hybridized carbons (Fsp3) is 0.600. The highest BCUT2D eigenvalue weighted by Crippen LogP contribution is 2.34. The summed E-state index contributed by atoms with van der Waals surface area (Å²) in [5.41, 5.74) is 0.591. The Kier molecular flexibility index (Phi) is 6.05. The Morgan fingerprint density at radius 1 is 1.10 bits per heavy atom. The van der Waals surface area contributed by atoms with Gasteiger partial charge >= 0.3 is 6.03 Å². The predicted molar refractivity (Wildman–Crippen MR) is 104 cm³/mol. The summed E-state index contributed by atoms with van der Waals surface area (Å²) in [4.78, 5) is 24.1. The number of aliphatic hydroxyl groups is 1. The first-order valence-corrected chi connectivity index (χ1v) is 10.1. The molecule has 0 spiro atoms. The predicted octanol–water partition coefficient (Wildman–Crippen LogP) is 1.36. The van der Waals surface area contributed by atoms with Crippen LogP contribution in [0, 0.1) is 5.92 Å². The van der Waals surface area contributed by atoms with Crippen LogP contribution in [0.1, 0.15) is 32.1 Å². The highest BCUT2D eigenvalue weighted by atomic mass is 16.7. The smallest absolute Gasteiger partial charge is 0.319 e. The largest absolute Gasteiger partial charge is 0.454 e. The molecule has 3 aliphatic rings. The fourth-order valence-electron chi connectivity index (χ4n) is 3.67. The molecule has 1 aromatic rings. The van der Waals surface area contributed by atoms with E-state index in [4.69, 9.17) is 14.2 Å². The summed E-state index contributed by atoms with van der Waals surface area (Å²) >= 11 is 0. The number of hydrogen-bond acceptors (Lipinski definition) is 6. The maximum Gasteiger partial charge on any atom is 0.319 e. The number of nitrogens with one attached hydrogen (secondary N) is 3. The number of rotatable bonds is 7. The number of benzene rings is 1. The lowest BCUT2D eigenvalue weighted by Crippen LogP contribution is -2.52. The first-order valence-electron chi connectivity index (χ1n) is 10.1. The molecule has 4 rings (SSSR count). The van der Waals surface area contributed by atoms with Crippen LogP contribution in [0.3, 0.4) is 0 Å². The van der Waals surface area contributed by atoms with Gasteiger partial charge in [-0.2, -0.15) is 0 Å². The van der Waals surface area contributed by atoms with E-state index in [1.54, 1.807) is 18.2 Å². The van der Waals surface area contributed by atoms with Crippen LogP contribution in [0.2, 0.25) is 0 Å². The van der Waals surface area contributed by atoms with Crippen LogP contribution in [0.15, 0.2) is 18.2 Å². The summed E-state index contributed by atoms with van der Waals surface area (Å²) in [6.07, 6.45) is 3.61. The minimum atomic E-state index is -0.476. The van der Waals surface area contributed by atoms with E-state index >= 15 is 0 Å². The second kappa shape index (κ2) is 8.87. The maximum absolute atomic E-state index is 12.4. The summed E-state index contributed by atoms with van der Waals surface area (Å²) in [6, 6.07) is 4.52. The van der Waals surface area contributed by atoms with Crippen molar-refractivity contribution in [1.29, 1.82) is 0 Å². The van der Waals surface area contributed by atoms with Gasteiger partial charge in [-0.25, -0.2) is 4.79 Å². The van der Waals surface area contributed by atoms with Gasteiger partial charge in [-0.05, 0) is 44.2 Å². The van der Waals surface area contributed by atoms with Gasteiger partial charge < -0.3 is 35.3 Å². The Morgan fingerprint density at radius 2 is 1.93 bits per heavy atom. The summed E-state index contributed by atoms with van der Waals surface area (Å²) in [5.74, 6) is 1.56. The first-order chi connectivity index (χ1) is 14.1. The minimum absolute atomic E-state index is 0.0402. The molecule has 158 valence electrons. The number of fused-ring (bicyclic) bond motifs is 1. The van der Waals surface area contributed by atoms with Crippen LogP contribution in [0.25, 0.3) is 0 Å². The molecule has 1 aliphatic carbocycles. The van der Waals surface area contributed by atoms with Crippen molar-refractivity contribution in [2.24, 2.45) is 5.92 Å². The Bertz CT molecular complexity index is 754. The van der Waals surface area contributed by atoms with Gasteiger partial charge in [-0.1, -0.05) is 0 Å². The molecule has 1 saturated carbocycles. The van der Waals surface area contributed by atoms with E-state index in [0.717, 1.165) is 19.3 Å². The number of aliphatic hydroxyl groups excluding tert-OH is 1. The number of urea groups is 1. The Morgan fingerprint density at radius 3 is 2.72 bits per heavy atom. The Labute approximate surface area is 169 Å². The third-order valence-electron chi connectivity index (χ3n) is 5.46. The summed E-state index contributed by atoms with van der Waals surface area (Å²) in [6.45, 7) is 0.564.